The summed E-state index contributed by atoms with van der Waals surface area (Å²) in [7, 11) is -3.33. The highest BCUT2D eigenvalue weighted by Crippen LogP contribution is 2.28. The van der Waals surface area contributed by atoms with Crippen LogP contribution < -0.4 is 0 Å². The highest BCUT2D eigenvalue weighted by molar-refractivity contribution is 7.90. The van der Waals surface area contributed by atoms with Gasteiger partial charge in [-0.2, -0.15) is 0 Å². The quantitative estimate of drug-likeness (QED) is 0.524. The SMILES string of the molecule is CC(C)(OC(=O)COCC1CC1)C(=O)c1ccc(S(C)(=O)=O)cc1. The third-order valence-corrected chi connectivity index (χ3v) is 4.86. The van der Waals surface area contributed by atoms with Crippen molar-refractivity contribution in [2.75, 3.05) is 19.5 Å². The van der Waals surface area contributed by atoms with Gasteiger partial charge in [0.15, 0.2) is 15.4 Å². The third kappa shape index (κ3) is 5.14. The van der Waals surface area contributed by atoms with E-state index in [0.717, 1.165) is 19.1 Å². The van der Waals surface area contributed by atoms with Crippen LogP contribution in [0.2, 0.25) is 0 Å². The fourth-order valence-corrected chi connectivity index (χ4v) is 2.79. The lowest BCUT2D eigenvalue weighted by atomic mass is 9.96. The largest absolute Gasteiger partial charge is 0.450 e. The van der Waals surface area contributed by atoms with Gasteiger partial charge in [0.25, 0.3) is 0 Å². The summed E-state index contributed by atoms with van der Waals surface area (Å²) >= 11 is 0. The molecule has 0 radical (unpaired) electrons. The molecule has 0 aliphatic heterocycles. The Morgan fingerprint density at radius 2 is 1.75 bits per heavy atom. The van der Waals surface area contributed by atoms with Gasteiger partial charge >= 0.3 is 5.97 Å². The van der Waals surface area contributed by atoms with Gasteiger partial charge < -0.3 is 9.47 Å². The average molecular weight is 354 g/mol. The molecule has 1 aliphatic rings. The zero-order valence-corrected chi connectivity index (χ0v) is 14.9. The lowest BCUT2D eigenvalue weighted by Gasteiger charge is -2.23. The van der Waals surface area contributed by atoms with Crippen LogP contribution >= 0.6 is 0 Å². The number of hydrogen-bond acceptors (Lipinski definition) is 6. The van der Waals surface area contributed by atoms with Crippen molar-refractivity contribution < 1.29 is 27.5 Å². The monoisotopic (exact) mass is 354 g/mol. The van der Waals surface area contributed by atoms with Crippen LogP contribution in [-0.4, -0.2) is 45.2 Å². The molecule has 0 heterocycles. The van der Waals surface area contributed by atoms with Crippen LogP contribution in [0.5, 0.6) is 0 Å². The molecule has 1 aromatic carbocycles. The van der Waals surface area contributed by atoms with Gasteiger partial charge in [-0.3, -0.25) is 4.79 Å². The van der Waals surface area contributed by atoms with Crippen LogP contribution in [0.15, 0.2) is 29.2 Å². The predicted molar refractivity (Wildman–Crippen MR) is 87.6 cm³/mol. The molecule has 2 rings (SSSR count). The Bertz CT molecular complexity index is 714. The molecule has 0 unspecified atom stereocenters. The van der Waals surface area contributed by atoms with Gasteiger partial charge in [-0.1, -0.05) is 0 Å². The molecule has 1 saturated carbocycles. The van der Waals surface area contributed by atoms with Gasteiger partial charge in [0.2, 0.25) is 5.78 Å². The Morgan fingerprint density at radius 1 is 1.17 bits per heavy atom. The number of hydrogen-bond donors (Lipinski definition) is 0. The molecule has 132 valence electrons. The number of esters is 1. The molecule has 0 N–H and O–H groups in total. The van der Waals surface area contributed by atoms with Crippen molar-refractivity contribution >= 4 is 21.6 Å². The van der Waals surface area contributed by atoms with Gasteiger partial charge in [-0.15, -0.1) is 0 Å². The minimum atomic E-state index is -3.33. The Kier molecular flexibility index (Phi) is 5.45. The number of ether oxygens (including phenoxy) is 2. The predicted octanol–water partition coefficient (Wildman–Crippen LogP) is 2.02. The van der Waals surface area contributed by atoms with Crippen molar-refractivity contribution in [2.24, 2.45) is 5.92 Å². The van der Waals surface area contributed by atoms with E-state index in [1.807, 2.05) is 0 Å². The Labute approximate surface area is 142 Å². The van der Waals surface area contributed by atoms with E-state index in [2.05, 4.69) is 0 Å². The van der Waals surface area contributed by atoms with Gasteiger partial charge in [0, 0.05) is 11.8 Å². The standard InChI is InChI=1S/C17H22O6S/c1-17(2,23-15(18)11-22-10-12-4-5-12)16(19)13-6-8-14(9-7-13)24(3,20)21/h6-9,12H,4-5,10-11H2,1-3H3. The number of Topliss-reactive ketones (excluding diaryl/α,β-unsaturated/α-hetero) is 1. The highest BCUT2D eigenvalue weighted by atomic mass is 32.2. The number of carbonyl (C=O) groups excluding carboxylic acids is 2. The lowest BCUT2D eigenvalue weighted by Crippen LogP contribution is -2.38. The molecule has 0 atom stereocenters. The molecule has 0 amide bonds. The summed E-state index contributed by atoms with van der Waals surface area (Å²) in [5, 5.41) is 0. The molecule has 1 fully saturated rings. The third-order valence-electron chi connectivity index (χ3n) is 3.73. The minimum absolute atomic E-state index is 0.127. The van der Waals surface area contributed by atoms with Crippen LogP contribution in [-0.2, 0) is 24.1 Å². The van der Waals surface area contributed by atoms with Crippen LogP contribution in [0.25, 0.3) is 0 Å². The fourth-order valence-electron chi connectivity index (χ4n) is 2.15. The van der Waals surface area contributed by atoms with Gasteiger partial charge in [0.1, 0.15) is 6.61 Å². The van der Waals surface area contributed by atoms with Crippen LogP contribution in [0.1, 0.15) is 37.0 Å². The van der Waals surface area contributed by atoms with E-state index < -0.39 is 27.2 Å². The zero-order valence-electron chi connectivity index (χ0n) is 14.1. The van der Waals surface area contributed by atoms with Crippen molar-refractivity contribution in [1.82, 2.24) is 0 Å². The topological polar surface area (TPSA) is 86.7 Å². The second kappa shape index (κ2) is 7.03. The Hall–Kier alpha value is -1.73. The maximum atomic E-state index is 12.5. The maximum absolute atomic E-state index is 12.5. The van der Waals surface area contributed by atoms with Crippen LogP contribution in [0.4, 0.5) is 0 Å². The van der Waals surface area contributed by atoms with Gasteiger partial charge in [-0.25, -0.2) is 13.2 Å². The van der Waals surface area contributed by atoms with E-state index in [9.17, 15) is 18.0 Å². The molecule has 24 heavy (non-hydrogen) atoms. The summed E-state index contributed by atoms with van der Waals surface area (Å²) in [5.41, 5.74) is -1.08. The van der Waals surface area contributed by atoms with E-state index >= 15 is 0 Å². The van der Waals surface area contributed by atoms with Crippen LogP contribution in [0.3, 0.4) is 0 Å². The first kappa shape index (κ1) is 18.6. The van der Waals surface area contributed by atoms with E-state index in [1.165, 1.54) is 38.1 Å². The van der Waals surface area contributed by atoms with E-state index in [1.54, 1.807) is 0 Å². The molecule has 7 heteroatoms. The number of ketones is 1. The first-order chi connectivity index (χ1) is 11.1. The molecule has 1 aliphatic carbocycles. The number of rotatable bonds is 8. The summed E-state index contributed by atoms with van der Waals surface area (Å²) < 4.78 is 33.4. The second-order valence-corrected chi connectivity index (χ2v) is 8.58. The van der Waals surface area contributed by atoms with Crippen LogP contribution in [0, 0.1) is 5.92 Å². The second-order valence-electron chi connectivity index (χ2n) is 6.57. The summed E-state index contributed by atoms with van der Waals surface area (Å²) in [6.45, 7) is 3.36. The maximum Gasteiger partial charge on any atom is 0.333 e. The summed E-state index contributed by atoms with van der Waals surface area (Å²) in [6, 6.07) is 5.55. The summed E-state index contributed by atoms with van der Waals surface area (Å²) in [5.74, 6) is -0.458. The van der Waals surface area contributed by atoms with Crippen molar-refractivity contribution in [1.29, 1.82) is 0 Å². The summed E-state index contributed by atoms with van der Waals surface area (Å²) in [4.78, 5) is 24.4. The molecule has 0 aromatic heterocycles. The Balaban J connectivity index is 1.96. The molecule has 0 saturated heterocycles. The van der Waals surface area contributed by atoms with E-state index in [-0.39, 0.29) is 17.1 Å². The minimum Gasteiger partial charge on any atom is -0.450 e. The molecule has 0 bridgehead atoms. The number of carbonyl (C=O) groups is 2. The lowest BCUT2D eigenvalue weighted by molar-refractivity contribution is -0.158. The molecule has 0 spiro atoms. The fraction of sp³-hybridized carbons (Fsp3) is 0.529. The van der Waals surface area contributed by atoms with E-state index in [4.69, 9.17) is 9.47 Å². The molecule has 6 nitrogen and oxygen atoms in total. The average Bonchev–Trinajstić information content (AvgIpc) is 3.29. The first-order valence-corrected chi connectivity index (χ1v) is 9.63. The Morgan fingerprint density at radius 3 is 2.25 bits per heavy atom. The van der Waals surface area contributed by atoms with Crippen molar-refractivity contribution in [3.05, 3.63) is 29.8 Å². The number of sulfone groups is 1. The number of benzene rings is 1. The normalized spacial score (nSPS) is 15.1. The first-order valence-electron chi connectivity index (χ1n) is 7.74. The van der Waals surface area contributed by atoms with Crippen molar-refractivity contribution in [2.45, 2.75) is 37.2 Å². The van der Waals surface area contributed by atoms with Crippen molar-refractivity contribution in [3.63, 3.8) is 0 Å². The highest BCUT2D eigenvalue weighted by Gasteiger charge is 2.33. The zero-order chi connectivity index (χ0) is 18.0. The van der Waals surface area contributed by atoms with Crippen molar-refractivity contribution in [3.8, 4) is 0 Å². The molecular formula is C17H22O6S. The van der Waals surface area contributed by atoms with Gasteiger partial charge in [-0.05, 0) is 56.9 Å². The smallest absolute Gasteiger partial charge is 0.333 e. The molecule has 1 aromatic rings. The molecular weight excluding hydrogens is 332 g/mol. The van der Waals surface area contributed by atoms with E-state index in [0.29, 0.717) is 12.5 Å². The summed E-state index contributed by atoms with van der Waals surface area (Å²) in [6.07, 6.45) is 3.35. The van der Waals surface area contributed by atoms with Gasteiger partial charge in [0.05, 0.1) is 11.5 Å².